The van der Waals surface area contributed by atoms with Crippen molar-refractivity contribution in [3.05, 3.63) is 66.1 Å². The van der Waals surface area contributed by atoms with Crippen LogP contribution in [0.25, 0.3) is 28.4 Å². The lowest BCUT2D eigenvalue weighted by atomic mass is 10.0. The summed E-state index contributed by atoms with van der Waals surface area (Å²) < 4.78 is 6.44. The van der Waals surface area contributed by atoms with Crippen molar-refractivity contribution in [3.63, 3.8) is 0 Å². The minimum Gasteiger partial charge on any atom is -0.308 e. The molecule has 0 unspecified atom stereocenters. The molecule has 4 aromatic rings. The lowest BCUT2D eigenvalue weighted by Gasteiger charge is -2.08. The number of hydrogen-bond acceptors (Lipinski definition) is 1. The molecule has 4 heteroatoms. The van der Waals surface area contributed by atoms with Crippen molar-refractivity contribution in [2.45, 2.75) is 13.8 Å². The predicted molar refractivity (Wildman–Crippen MR) is 95.7 cm³/mol. The van der Waals surface area contributed by atoms with Crippen LogP contribution in [0.15, 0.2) is 55.0 Å². The van der Waals surface area contributed by atoms with Crippen molar-refractivity contribution >= 4 is 5.78 Å². The molecule has 4 nitrogen and oxygen atoms in total. The van der Waals surface area contributed by atoms with Gasteiger partial charge in [-0.25, -0.2) is 4.98 Å². The van der Waals surface area contributed by atoms with Gasteiger partial charge in [-0.2, -0.15) is 4.57 Å². The summed E-state index contributed by atoms with van der Waals surface area (Å²) in [6.07, 6.45) is 5.93. The molecular weight excluding hydrogens is 296 g/mol. The summed E-state index contributed by atoms with van der Waals surface area (Å²) >= 11 is 0. The number of aromatic nitrogens is 4. The van der Waals surface area contributed by atoms with Gasteiger partial charge in [-0.15, -0.1) is 0 Å². The Balaban J connectivity index is 1.92. The van der Waals surface area contributed by atoms with Gasteiger partial charge in [-0.3, -0.25) is 4.40 Å². The highest BCUT2D eigenvalue weighted by Gasteiger charge is 2.21. The van der Waals surface area contributed by atoms with E-state index in [0.29, 0.717) is 0 Å². The van der Waals surface area contributed by atoms with E-state index in [4.69, 9.17) is 0 Å². The van der Waals surface area contributed by atoms with Crippen LogP contribution < -0.4 is 4.57 Å². The van der Waals surface area contributed by atoms with Crippen molar-refractivity contribution in [1.29, 1.82) is 0 Å². The number of hydrogen-bond donors (Lipinski definition) is 0. The highest BCUT2D eigenvalue weighted by molar-refractivity contribution is 5.64. The van der Waals surface area contributed by atoms with Gasteiger partial charge in [-0.1, -0.05) is 17.7 Å². The molecule has 3 heterocycles. The Morgan fingerprint density at radius 1 is 1.04 bits per heavy atom. The predicted octanol–water partition coefficient (Wildman–Crippen LogP) is 3.45. The monoisotopic (exact) mass is 317 g/mol. The summed E-state index contributed by atoms with van der Waals surface area (Å²) in [6, 6.07) is 13.1. The molecule has 24 heavy (non-hydrogen) atoms. The summed E-state index contributed by atoms with van der Waals surface area (Å²) in [5.74, 6) is 0.946. The lowest BCUT2D eigenvalue weighted by molar-refractivity contribution is -0.649. The van der Waals surface area contributed by atoms with Crippen LogP contribution in [0.4, 0.5) is 0 Å². The summed E-state index contributed by atoms with van der Waals surface area (Å²) in [5, 5.41) is 0. The number of rotatable bonds is 2. The molecule has 0 saturated heterocycles. The second-order valence-electron chi connectivity index (χ2n) is 6.38. The zero-order valence-corrected chi connectivity index (χ0v) is 14.5. The van der Waals surface area contributed by atoms with Crippen molar-refractivity contribution in [1.82, 2.24) is 14.0 Å². The van der Waals surface area contributed by atoms with Crippen LogP contribution in [0.5, 0.6) is 0 Å². The highest BCUT2D eigenvalue weighted by Crippen LogP contribution is 2.25. The summed E-state index contributed by atoms with van der Waals surface area (Å²) in [4.78, 5) is 4.42. The van der Waals surface area contributed by atoms with Gasteiger partial charge >= 0.3 is 0 Å². The van der Waals surface area contributed by atoms with E-state index in [1.807, 2.05) is 12.4 Å². The maximum atomic E-state index is 4.42. The van der Waals surface area contributed by atoms with E-state index in [9.17, 15) is 0 Å². The average molecular weight is 317 g/mol. The average Bonchev–Trinajstić information content (AvgIpc) is 3.12. The van der Waals surface area contributed by atoms with Crippen molar-refractivity contribution in [2.24, 2.45) is 14.1 Å². The van der Waals surface area contributed by atoms with Crippen LogP contribution in [-0.4, -0.2) is 14.0 Å². The van der Waals surface area contributed by atoms with Gasteiger partial charge in [0.25, 0.3) is 0 Å². The van der Waals surface area contributed by atoms with Gasteiger partial charge in [0.1, 0.15) is 12.7 Å². The quantitative estimate of drug-likeness (QED) is 0.520. The van der Waals surface area contributed by atoms with Crippen molar-refractivity contribution in [2.75, 3.05) is 0 Å². The first-order valence-electron chi connectivity index (χ1n) is 8.11. The van der Waals surface area contributed by atoms with E-state index in [2.05, 4.69) is 89.1 Å². The molecule has 120 valence electrons. The molecule has 0 aliphatic carbocycles. The molecule has 0 aliphatic heterocycles. The molecule has 0 atom stereocenters. The molecule has 0 fully saturated rings. The minimum absolute atomic E-state index is 0.946. The van der Waals surface area contributed by atoms with Gasteiger partial charge in [-0.05, 0) is 31.5 Å². The van der Waals surface area contributed by atoms with Gasteiger partial charge in [0.05, 0.1) is 0 Å². The lowest BCUT2D eigenvalue weighted by Crippen LogP contribution is -2.34. The highest BCUT2D eigenvalue weighted by atomic mass is 15.2. The van der Waals surface area contributed by atoms with Crippen LogP contribution in [0.3, 0.4) is 0 Å². The van der Waals surface area contributed by atoms with Crippen LogP contribution >= 0.6 is 0 Å². The number of aryl methyl sites for hydroxylation is 3. The second kappa shape index (κ2) is 5.34. The Bertz CT molecular complexity index is 1050. The largest absolute Gasteiger partial charge is 0.308 e. The van der Waals surface area contributed by atoms with Crippen molar-refractivity contribution < 1.29 is 4.57 Å². The Hall–Kier alpha value is -2.88. The van der Waals surface area contributed by atoms with Crippen LogP contribution in [0.1, 0.15) is 11.1 Å². The first-order valence-corrected chi connectivity index (χ1v) is 8.11. The van der Waals surface area contributed by atoms with Crippen LogP contribution in [0, 0.1) is 13.8 Å². The fourth-order valence-electron chi connectivity index (χ4n) is 3.44. The molecule has 0 amide bonds. The number of benzene rings is 1. The SMILES string of the molecule is Cc1ccc(-c2cccc(-c3cn4ccnc4n3C)[n+]2C)c(C)c1. The standard InChI is InChI=1S/C20H21N4/c1-14-8-9-16(15(2)12-14)17-6-5-7-18(22(17)3)19-13-24-11-10-21-20(24)23(19)4/h5-13H,1-4H3/q+1. The van der Waals surface area contributed by atoms with E-state index in [1.165, 1.54) is 28.1 Å². The summed E-state index contributed by atoms with van der Waals surface area (Å²) in [7, 11) is 4.18. The van der Waals surface area contributed by atoms with Gasteiger partial charge in [0.2, 0.25) is 17.2 Å². The summed E-state index contributed by atoms with van der Waals surface area (Å²) in [6.45, 7) is 4.30. The fourth-order valence-corrected chi connectivity index (χ4v) is 3.44. The third-order valence-electron chi connectivity index (χ3n) is 4.72. The third-order valence-corrected chi connectivity index (χ3v) is 4.72. The smallest absolute Gasteiger partial charge is 0.231 e. The normalized spacial score (nSPS) is 11.3. The number of fused-ring (bicyclic) bond motifs is 1. The Morgan fingerprint density at radius 2 is 1.83 bits per heavy atom. The topological polar surface area (TPSA) is 26.1 Å². The fraction of sp³-hybridized carbons (Fsp3) is 0.200. The van der Waals surface area contributed by atoms with E-state index in [1.54, 1.807) is 0 Å². The van der Waals surface area contributed by atoms with E-state index in [0.717, 1.165) is 11.5 Å². The zero-order valence-electron chi connectivity index (χ0n) is 14.5. The molecule has 0 bridgehead atoms. The van der Waals surface area contributed by atoms with Gasteiger partial charge in [0, 0.05) is 43.3 Å². The second-order valence-corrected chi connectivity index (χ2v) is 6.38. The van der Waals surface area contributed by atoms with Crippen LogP contribution in [-0.2, 0) is 14.1 Å². The number of imidazole rings is 2. The Kier molecular flexibility index (Phi) is 3.27. The molecule has 0 aliphatic rings. The van der Waals surface area contributed by atoms with Crippen LogP contribution in [0.2, 0.25) is 0 Å². The zero-order chi connectivity index (χ0) is 16.8. The molecule has 0 N–H and O–H groups in total. The van der Waals surface area contributed by atoms with E-state index >= 15 is 0 Å². The Morgan fingerprint density at radius 3 is 2.58 bits per heavy atom. The molecule has 3 aromatic heterocycles. The number of nitrogens with zero attached hydrogens (tertiary/aromatic N) is 4. The maximum absolute atomic E-state index is 4.42. The Labute approximate surface area is 141 Å². The van der Waals surface area contributed by atoms with Crippen molar-refractivity contribution in [3.8, 4) is 22.6 Å². The number of pyridine rings is 1. The third kappa shape index (κ3) is 2.14. The molecule has 0 saturated carbocycles. The summed E-state index contributed by atoms with van der Waals surface area (Å²) in [5.41, 5.74) is 7.38. The van der Waals surface area contributed by atoms with E-state index < -0.39 is 0 Å². The molecular formula is C20H21N4+. The first kappa shape index (κ1) is 14.7. The van der Waals surface area contributed by atoms with E-state index in [-0.39, 0.29) is 0 Å². The minimum atomic E-state index is 0.946. The maximum Gasteiger partial charge on any atom is 0.231 e. The molecule has 0 spiro atoms. The first-order chi connectivity index (χ1) is 11.6. The molecule has 1 aromatic carbocycles. The molecule has 0 radical (unpaired) electrons. The molecule has 4 rings (SSSR count). The van der Waals surface area contributed by atoms with Gasteiger partial charge < -0.3 is 4.57 Å². The van der Waals surface area contributed by atoms with Gasteiger partial charge in [0.15, 0.2) is 0 Å².